The molecule has 4 rings (SSSR count). The molecule has 0 spiro atoms. The number of nitrogens with zero attached hydrogens (tertiary/aromatic N) is 4. The van der Waals surface area contributed by atoms with Crippen LogP contribution in [0.2, 0.25) is 0 Å². The molecule has 1 aromatic heterocycles. The third kappa shape index (κ3) is 3.51. The maximum absolute atomic E-state index is 12.7. The average Bonchev–Trinajstić information content (AvgIpc) is 2.75. The number of hydrogen-bond acceptors (Lipinski definition) is 4. The maximum atomic E-state index is 12.7. The standard InChI is InChI=1S/C20H24N4O2/c25-20(24-12-14-26-15-13-24)23-10-8-22(9-11-23)19-16-21-7-6-18(19)17-4-2-1-3-5-17/h1-7,16H,8-15H2. The predicted octanol–water partition coefficient (Wildman–Crippen LogP) is 2.32. The highest BCUT2D eigenvalue weighted by Crippen LogP contribution is 2.30. The Labute approximate surface area is 154 Å². The van der Waals surface area contributed by atoms with Gasteiger partial charge >= 0.3 is 6.03 Å². The first-order valence-corrected chi connectivity index (χ1v) is 9.19. The first kappa shape index (κ1) is 16.8. The van der Waals surface area contributed by atoms with E-state index in [0.717, 1.165) is 31.9 Å². The van der Waals surface area contributed by atoms with Gasteiger partial charge in [-0.2, -0.15) is 0 Å². The summed E-state index contributed by atoms with van der Waals surface area (Å²) in [6, 6.07) is 12.6. The molecule has 136 valence electrons. The number of aromatic nitrogens is 1. The van der Waals surface area contributed by atoms with E-state index in [4.69, 9.17) is 4.74 Å². The van der Waals surface area contributed by atoms with E-state index in [0.29, 0.717) is 26.3 Å². The van der Waals surface area contributed by atoms with Gasteiger partial charge in [-0.3, -0.25) is 4.98 Å². The lowest BCUT2D eigenvalue weighted by atomic mass is 10.0. The average molecular weight is 352 g/mol. The summed E-state index contributed by atoms with van der Waals surface area (Å²) in [5.74, 6) is 0. The van der Waals surface area contributed by atoms with Crippen molar-refractivity contribution in [3.8, 4) is 11.1 Å². The summed E-state index contributed by atoms with van der Waals surface area (Å²) in [7, 11) is 0. The molecule has 2 aromatic rings. The number of morpholine rings is 1. The number of carbonyl (C=O) groups is 1. The Bertz CT molecular complexity index is 738. The Morgan fingerprint density at radius 3 is 2.31 bits per heavy atom. The van der Waals surface area contributed by atoms with Crippen molar-refractivity contribution in [2.24, 2.45) is 0 Å². The van der Waals surface area contributed by atoms with Gasteiger partial charge in [0.1, 0.15) is 0 Å². The van der Waals surface area contributed by atoms with Crippen molar-refractivity contribution < 1.29 is 9.53 Å². The van der Waals surface area contributed by atoms with Crippen LogP contribution in [0.4, 0.5) is 10.5 Å². The molecule has 2 aliphatic heterocycles. The monoisotopic (exact) mass is 352 g/mol. The van der Waals surface area contributed by atoms with Crippen LogP contribution in [0.25, 0.3) is 11.1 Å². The number of pyridine rings is 1. The van der Waals surface area contributed by atoms with Crippen molar-refractivity contribution in [1.29, 1.82) is 0 Å². The zero-order valence-corrected chi connectivity index (χ0v) is 14.9. The number of hydrogen-bond donors (Lipinski definition) is 0. The van der Waals surface area contributed by atoms with Gasteiger partial charge in [0.25, 0.3) is 0 Å². The van der Waals surface area contributed by atoms with Crippen molar-refractivity contribution in [1.82, 2.24) is 14.8 Å². The summed E-state index contributed by atoms with van der Waals surface area (Å²) in [5.41, 5.74) is 3.52. The highest BCUT2D eigenvalue weighted by atomic mass is 16.5. The second kappa shape index (κ2) is 7.74. The minimum atomic E-state index is 0.141. The van der Waals surface area contributed by atoms with Gasteiger partial charge < -0.3 is 19.4 Å². The third-order valence-electron chi connectivity index (χ3n) is 5.06. The van der Waals surface area contributed by atoms with Gasteiger partial charge in [-0.25, -0.2) is 4.79 Å². The molecular formula is C20H24N4O2. The number of anilines is 1. The van der Waals surface area contributed by atoms with Crippen molar-refractivity contribution in [2.75, 3.05) is 57.4 Å². The fourth-order valence-corrected chi connectivity index (χ4v) is 3.59. The van der Waals surface area contributed by atoms with Crippen LogP contribution in [0, 0.1) is 0 Å². The second-order valence-electron chi connectivity index (χ2n) is 6.61. The minimum absolute atomic E-state index is 0.141. The Balaban J connectivity index is 1.45. The van der Waals surface area contributed by atoms with E-state index in [1.54, 1.807) is 0 Å². The summed E-state index contributed by atoms with van der Waals surface area (Å²) in [4.78, 5) is 23.2. The summed E-state index contributed by atoms with van der Waals surface area (Å²) in [5, 5.41) is 0. The van der Waals surface area contributed by atoms with E-state index in [1.807, 2.05) is 28.3 Å². The van der Waals surface area contributed by atoms with E-state index in [-0.39, 0.29) is 6.03 Å². The van der Waals surface area contributed by atoms with E-state index in [9.17, 15) is 4.79 Å². The number of rotatable bonds is 2. The Kier molecular flexibility index (Phi) is 5.02. The van der Waals surface area contributed by atoms with Gasteiger partial charge in [-0.15, -0.1) is 0 Å². The molecule has 2 saturated heterocycles. The molecule has 2 fully saturated rings. The molecule has 2 aliphatic rings. The summed E-state index contributed by atoms with van der Waals surface area (Å²) in [6.07, 6.45) is 3.77. The van der Waals surface area contributed by atoms with Gasteiger partial charge in [-0.05, 0) is 11.6 Å². The lowest BCUT2D eigenvalue weighted by Gasteiger charge is -2.39. The third-order valence-corrected chi connectivity index (χ3v) is 5.06. The molecule has 0 N–H and O–H groups in total. The van der Waals surface area contributed by atoms with Crippen LogP contribution in [0.15, 0.2) is 48.8 Å². The van der Waals surface area contributed by atoms with E-state index in [2.05, 4.69) is 40.2 Å². The highest BCUT2D eigenvalue weighted by Gasteiger charge is 2.27. The van der Waals surface area contributed by atoms with Crippen LogP contribution in [0.3, 0.4) is 0 Å². The summed E-state index contributed by atoms with van der Waals surface area (Å²) in [6.45, 7) is 5.78. The van der Waals surface area contributed by atoms with E-state index < -0.39 is 0 Å². The predicted molar refractivity (Wildman–Crippen MR) is 101 cm³/mol. The molecule has 6 nitrogen and oxygen atoms in total. The number of carbonyl (C=O) groups excluding carboxylic acids is 1. The van der Waals surface area contributed by atoms with E-state index in [1.165, 1.54) is 11.1 Å². The zero-order valence-electron chi connectivity index (χ0n) is 14.9. The van der Waals surface area contributed by atoms with Gasteiger partial charge in [0, 0.05) is 51.0 Å². The molecule has 0 unspecified atom stereocenters. The van der Waals surface area contributed by atoms with Gasteiger partial charge in [0.15, 0.2) is 0 Å². The summed E-state index contributed by atoms with van der Waals surface area (Å²) >= 11 is 0. The first-order chi connectivity index (χ1) is 12.8. The fourth-order valence-electron chi connectivity index (χ4n) is 3.59. The lowest BCUT2D eigenvalue weighted by Crippen LogP contribution is -2.54. The zero-order chi connectivity index (χ0) is 17.8. The lowest BCUT2D eigenvalue weighted by molar-refractivity contribution is 0.0428. The SMILES string of the molecule is O=C(N1CCOCC1)N1CCN(c2cnccc2-c2ccccc2)CC1. The van der Waals surface area contributed by atoms with Crippen molar-refractivity contribution in [3.63, 3.8) is 0 Å². The van der Waals surface area contributed by atoms with Gasteiger partial charge in [-0.1, -0.05) is 30.3 Å². The number of amides is 2. The first-order valence-electron chi connectivity index (χ1n) is 9.19. The van der Waals surface area contributed by atoms with Crippen LogP contribution in [-0.4, -0.2) is 73.3 Å². The Hall–Kier alpha value is -2.60. The molecule has 0 radical (unpaired) electrons. The molecule has 2 amide bonds. The van der Waals surface area contributed by atoms with Crippen LogP contribution in [-0.2, 0) is 4.74 Å². The van der Waals surface area contributed by atoms with Crippen molar-refractivity contribution >= 4 is 11.7 Å². The minimum Gasteiger partial charge on any atom is -0.378 e. The maximum Gasteiger partial charge on any atom is 0.320 e. The molecular weight excluding hydrogens is 328 g/mol. The van der Waals surface area contributed by atoms with Gasteiger partial charge in [0.2, 0.25) is 0 Å². The number of benzene rings is 1. The largest absolute Gasteiger partial charge is 0.378 e. The molecule has 0 saturated carbocycles. The second-order valence-corrected chi connectivity index (χ2v) is 6.61. The van der Waals surface area contributed by atoms with Gasteiger partial charge in [0.05, 0.1) is 25.1 Å². The van der Waals surface area contributed by atoms with Crippen LogP contribution in [0.5, 0.6) is 0 Å². The van der Waals surface area contributed by atoms with Crippen LogP contribution < -0.4 is 4.90 Å². The topological polar surface area (TPSA) is 48.9 Å². The fraction of sp³-hybridized carbons (Fsp3) is 0.400. The number of urea groups is 1. The van der Waals surface area contributed by atoms with Crippen LogP contribution >= 0.6 is 0 Å². The van der Waals surface area contributed by atoms with Crippen molar-refractivity contribution in [2.45, 2.75) is 0 Å². The van der Waals surface area contributed by atoms with E-state index >= 15 is 0 Å². The summed E-state index contributed by atoms with van der Waals surface area (Å²) < 4.78 is 5.34. The Morgan fingerprint density at radius 2 is 1.58 bits per heavy atom. The van der Waals surface area contributed by atoms with Crippen LogP contribution in [0.1, 0.15) is 0 Å². The number of piperazine rings is 1. The highest BCUT2D eigenvalue weighted by molar-refractivity contribution is 5.78. The molecule has 0 aliphatic carbocycles. The molecule has 3 heterocycles. The molecule has 0 atom stereocenters. The normalized spacial score (nSPS) is 18.1. The molecule has 6 heteroatoms. The van der Waals surface area contributed by atoms with Crippen molar-refractivity contribution in [3.05, 3.63) is 48.8 Å². The number of ether oxygens (including phenoxy) is 1. The quantitative estimate of drug-likeness (QED) is 0.832. The Morgan fingerprint density at radius 1 is 0.885 bits per heavy atom. The molecule has 1 aromatic carbocycles. The molecule has 0 bridgehead atoms. The smallest absolute Gasteiger partial charge is 0.320 e. The molecule has 26 heavy (non-hydrogen) atoms.